The van der Waals surface area contributed by atoms with E-state index < -0.39 is 6.04 Å². The third kappa shape index (κ3) is 6.30. The Kier molecular flexibility index (Phi) is 8.38. The lowest BCUT2D eigenvalue weighted by atomic mass is 9.98. The molecule has 2 aromatic rings. The molecule has 0 radical (unpaired) electrons. The third-order valence-corrected chi connectivity index (χ3v) is 5.41. The zero-order valence-corrected chi connectivity index (χ0v) is 17.7. The molecular weight excluding hydrogens is 374 g/mol. The summed E-state index contributed by atoms with van der Waals surface area (Å²) in [6, 6.07) is 7.00. The molecule has 0 aliphatic heterocycles. The van der Waals surface area contributed by atoms with E-state index in [9.17, 15) is 9.59 Å². The van der Waals surface area contributed by atoms with E-state index in [1.54, 1.807) is 0 Å². The summed E-state index contributed by atoms with van der Waals surface area (Å²) in [5.74, 6) is -0.298. The molecule has 0 aliphatic carbocycles. The summed E-state index contributed by atoms with van der Waals surface area (Å²) in [4.78, 5) is 24.9. The zero-order chi connectivity index (χ0) is 20.5. The Morgan fingerprint density at radius 3 is 2.68 bits per heavy atom. The number of amides is 3. The van der Waals surface area contributed by atoms with Crippen molar-refractivity contribution in [2.24, 2.45) is 5.92 Å². The van der Waals surface area contributed by atoms with Crippen LogP contribution in [0.4, 0.5) is 9.93 Å². The number of hydrogen-bond acceptors (Lipinski definition) is 5. The molecule has 1 aromatic heterocycles. The Morgan fingerprint density at radius 1 is 1.21 bits per heavy atom. The van der Waals surface area contributed by atoms with Gasteiger partial charge in [0.25, 0.3) is 0 Å². The first-order valence-electron chi connectivity index (χ1n) is 9.70. The molecule has 2 atom stereocenters. The van der Waals surface area contributed by atoms with Crippen molar-refractivity contribution < 1.29 is 9.59 Å². The Bertz CT molecular complexity index is 792. The molecule has 0 bridgehead atoms. The van der Waals surface area contributed by atoms with E-state index in [0.717, 1.165) is 35.4 Å². The molecule has 0 saturated carbocycles. The molecule has 3 amide bonds. The van der Waals surface area contributed by atoms with Crippen molar-refractivity contribution in [3.05, 3.63) is 29.8 Å². The quantitative estimate of drug-likeness (QED) is 0.552. The van der Waals surface area contributed by atoms with Crippen LogP contribution in [0.2, 0.25) is 0 Å². The van der Waals surface area contributed by atoms with Gasteiger partial charge < -0.3 is 10.6 Å². The van der Waals surface area contributed by atoms with Crippen molar-refractivity contribution in [3.63, 3.8) is 0 Å². The number of nitrogens with zero attached hydrogens (tertiary/aromatic N) is 2. The van der Waals surface area contributed by atoms with Gasteiger partial charge in [0.2, 0.25) is 11.0 Å². The predicted octanol–water partition coefficient (Wildman–Crippen LogP) is 3.97. The normalized spacial score (nSPS) is 12.9. The molecule has 152 valence electrons. The Morgan fingerprint density at radius 2 is 2.00 bits per heavy atom. The standard InChI is InChI=1S/C20H29N5O2S/c1-5-7-11-21-19(27)22-16(14(4)6-2)17(26)23-20-25-24-18(28-20)15-10-8-9-13(3)12-15/h8-10,12,14,16H,5-7,11H2,1-4H3,(H2,21,22,27)(H,23,25,26). The molecule has 0 saturated heterocycles. The molecule has 8 heteroatoms. The molecule has 3 N–H and O–H groups in total. The highest BCUT2D eigenvalue weighted by Gasteiger charge is 2.26. The summed E-state index contributed by atoms with van der Waals surface area (Å²) in [5.41, 5.74) is 2.10. The number of aryl methyl sites for hydroxylation is 1. The minimum absolute atomic E-state index is 0.0129. The van der Waals surface area contributed by atoms with Crippen molar-refractivity contribution in [1.29, 1.82) is 0 Å². The fourth-order valence-electron chi connectivity index (χ4n) is 2.62. The van der Waals surface area contributed by atoms with Crippen LogP contribution in [0.25, 0.3) is 10.6 Å². The zero-order valence-electron chi connectivity index (χ0n) is 16.9. The summed E-state index contributed by atoms with van der Waals surface area (Å²) in [7, 11) is 0. The van der Waals surface area contributed by atoms with Gasteiger partial charge in [-0.05, 0) is 25.3 Å². The van der Waals surface area contributed by atoms with E-state index in [1.807, 2.05) is 45.0 Å². The number of hydrogen-bond donors (Lipinski definition) is 3. The highest BCUT2D eigenvalue weighted by Crippen LogP contribution is 2.27. The van der Waals surface area contributed by atoms with Crippen LogP contribution >= 0.6 is 11.3 Å². The fourth-order valence-corrected chi connectivity index (χ4v) is 3.37. The molecule has 0 fully saturated rings. The van der Waals surface area contributed by atoms with E-state index in [1.165, 1.54) is 11.3 Å². The van der Waals surface area contributed by atoms with E-state index in [-0.39, 0.29) is 17.9 Å². The second-order valence-corrected chi connectivity index (χ2v) is 7.87. The third-order valence-electron chi connectivity index (χ3n) is 4.52. The predicted molar refractivity (Wildman–Crippen MR) is 113 cm³/mol. The van der Waals surface area contributed by atoms with Crippen molar-refractivity contribution >= 4 is 28.4 Å². The van der Waals surface area contributed by atoms with Gasteiger partial charge in [0.15, 0.2) is 0 Å². The highest BCUT2D eigenvalue weighted by molar-refractivity contribution is 7.18. The number of nitrogens with one attached hydrogen (secondary N) is 3. The van der Waals surface area contributed by atoms with Crippen molar-refractivity contribution in [3.8, 4) is 10.6 Å². The van der Waals surface area contributed by atoms with Crippen LogP contribution in [-0.2, 0) is 4.79 Å². The van der Waals surface area contributed by atoms with Crippen LogP contribution in [0.3, 0.4) is 0 Å². The van der Waals surface area contributed by atoms with Crippen LogP contribution in [0.15, 0.2) is 24.3 Å². The van der Waals surface area contributed by atoms with Crippen LogP contribution in [0.5, 0.6) is 0 Å². The largest absolute Gasteiger partial charge is 0.338 e. The van der Waals surface area contributed by atoms with Crippen LogP contribution in [-0.4, -0.2) is 34.7 Å². The van der Waals surface area contributed by atoms with Gasteiger partial charge >= 0.3 is 6.03 Å². The minimum Gasteiger partial charge on any atom is -0.338 e. The van der Waals surface area contributed by atoms with Gasteiger partial charge in [0.1, 0.15) is 11.0 Å². The lowest BCUT2D eigenvalue weighted by Crippen LogP contribution is -2.51. The summed E-state index contributed by atoms with van der Waals surface area (Å²) in [5, 5.41) is 17.8. The first-order valence-corrected chi connectivity index (χ1v) is 10.5. The maximum absolute atomic E-state index is 12.8. The Labute approximate surface area is 170 Å². The SMILES string of the molecule is CCCCNC(=O)NC(C(=O)Nc1nnc(-c2cccc(C)c2)s1)C(C)CC. The number of benzene rings is 1. The number of urea groups is 1. The lowest BCUT2D eigenvalue weighted by molar-refractivity contribution is -0.119. The van der Waals surface area contributed by atoms with Gasteiger partial charge in [-0.1, -0.05) is 68.7 Å². The van der Waals surface area contributed by atoms with Gasteiger partial charge in [-0.15, -0.1) is 10.2 Å². The van der Waals surface area contributed by atoms with Crippen LogP contribution < -0.4 is 16.0 Å². The molecule has 1 heterocycles. The van der Waals surface area contributed by atoms with Crippen molar-refractivity contribution in [2.75, 3.05) is 11.9 Å². The van der Waals surface area contributed by atoms with Crippen molar-refractivity contribution in [1.82, 2.24) is 20.8 Å². The summed E-state index contributed by atoms with van der Waals surface area (Å²) >= 11 is 1.31. The first-order chi connectivity index (χ1) is 13.4. The molecule has 7 nitrogen and oxygen atoms in total. The summed E-state index contributed by atoms with van der Waals surface area (Å²) < 4.78 is 0. The maximum Gasteiger partial charge on any atom is 0.315 e. The number of unbranched alkanes of at least 4 members (excludes halogenated alkanes) is 1. The molecule has 28 heavy (non-hydrogen) atoms. The molecule has 2 rings (SSSR count). The molecule has 1 aromatic carbocycles. The number of carbonyl (C=O) groups is 2. The summed E-state index contributed by atoms with van der Waals surface area (Å²) in [6.45, 7) is 8.59. The van der Waals surface area contributed by atoms with Gasteiger partial charge in [-0.25, -0.2) is 4.79 Å². The van der Waals surface area contributed by atoms with Crippen LogP contribution in [0.1, 0.15) is 45.6 Å². The van der Waals surface area contributed by atoms with Crippen molar-refractivity contribution in [2.45, 2.75) is 53.0 Å². The molecule has 0 spiro atoms. The Hall–Kier alpha value is -2.48. The summed E-state index contributed by atoms with van der Waals surface area (Å²) in [6.07, 6.45) is 2.66. The number of rotatable bonds is 9. The second kappa shape index (κ2) is 10.8. The van der Waals surface area contributed by atoms with E-state index >= 15 is 0 Å². The lowest BCUT2D eigenvalue weighted by Gasteiger charge is -2.23. The van der Waals surface area contributed by atoms with E-state index in [4.69, 9.17) is 0 Å². The van der Waals surface area contributed by atoms with Gasteiger partial charge in [-0.3, -0.25) is 10.1 Å². The minimum atomic E-state index is -0.641. The number of carbonyl (C=O) groups excluding carboxylic acids is 2. The topological polar surface area (TPSA) is 96.0 Å². The van der Waals surface area contributed by atoms with E-state index in [0.29, 0.717) is 11.7 Å². The number of anilines is 1. The van der Waals surface area contributed by atoms with E-state index in [2.05, 4.69) is 33.1 Å². The average molecular weight is 404 g/mol. The first kappa shape index (κ1) is 21.8. The molecule has 0 aliphatic rings. The Balaban J connectivity index is 2.03. The van der Waals surface area contributed by atoms with Gasteiger partial charge in [0, 0.05) is 12.1 Å². The smallest absolute Gasteiger partial charge is 0.315 e. The highest BCUT2D eigenvalue weighted by atomic mass is 32.1. The maximum atomic E-state index is 12.8. The second-order valence-electron chi connectivity index (χ2n) is 6.89. The average Bonchev–Trinajstić information content (AvgIpc) is 3.14. The van der Waals surface area contributed by atoms with Crippen LogP contribution in [0, 0.1) is 12.8 Å². The number of aromatic nitrogens is 2. The molecular formula is C20H29N5O2S. The monoisotopic (exact) mass is 403 g/mol. The molecule has 2 unspecified atom stereocenters. The van der Waals surface area contributed by atoms with Gasteiger partial charge in [-0.2, -0.15) is 0 Å². The fraction of sp³-hybridized carbons (Fsp3) is 0.500. The van der Waals surface area contributed by atoms with Gasteiger partial charge in [0.05, 0.1) is 0 Å².